The molecule has 35 heavy (non-hydrogen) atoms. The number of carbonyl (C=O) groups excluding carboxylic acids is 4. The maximum Gasteiger partial charge on any atom is 0.268 e. The number of aldehydes is 1. The van der Waals surface area contributed by atoms with Gasteiger partial charge in [0.1, 0.15) is 18.0 Å². The van der Waals surface area contributed by atoms with E-state index in [-0.39, 0.29) is 23.9 Å². The number of H-pyrrole nitrogens is 1. The quantitative estimate of drug-likeness (QED) is 0.376. The average Bonchev–Trinajstić information content (AvgIpc) is 3.45. The van der Waals surface area contributed by atoms with Gasteiger partial charge in [-0.25, -0.2) is 0 Å². The summed E-state index contributed by atoms with van der Waals surface area (Å²) in [4.78, 5) is 53.0. The molecule has 3 atom stereocenters. The van der Waals surface area contributed by atoms with E-state index < -0.39 is 23.9 Å². The van der Waals surface area contributed by atoms with E-state index in [1.165, 1.54) is 6.42 Å². The Morgan fingerprint density at radius 3 is 2.51 bits per heavy atom. The molecule has 0 bridgehead atoms. The van der Waals surface area contributed by atoms with Crippen molar-refractivity contribution in [1.82, 2.24) is 20.9 Å². The van der Waals surface area contributed by atoms with Crippen LogP contribution in [0.15, 0.2) is 18.2 Å². The number of amides is 3. The Morgan fingerprint density at radius 2 is 1.83 bits per heavy atom. The van der Waals surface area contributed by atoms with Crippen LogP contribution in [0.25, 0.3) is 10.9 Å². The van der Waals surface area contributed by atoms with Crippen LogP contribution in [0, 0.1) is 11.8 Å². The zero-order valence-corrected chi connectivity index (χ0v) is 20.9. The number of nitrogens with one attached hydrogen (secondary N) is 4. The molecule has 8 nitrogen and oxygen atoms in total. The van der Waals surface area contributed by atoms with Gasteiger partial charge in [0.25, 0.3) is 5.91 Å². The zero-order chi connectivity index (χ0) is 24.9. The summed E-state index contributed by atoms with van der Waals surface area (Å²) >= 11 is 12.3. The van der Waals surface area contributed by atoms with Crippen molar-refractivity contribution < 1.29 is 19.2 Å². The summed E-state index contributed by atoms with van der Waals surface area (Å²) in [5.41, 5.74) is 0.886. The summed E-state index contributed by atoms with van der Waals surface area (Å²) in [7, 11) is 0. The summed E-state index contributed by atoms with van der Waals surface area (Å²) in [5.74, 6) is -0.958. The fraction of sp³-hybridized carbons (Fsp3) is 0.520. The van der Waals surface area contributed by atoms with E-state index in [1.54, 1.807) is 18.2 Å². The zero-order valence-electron chi connectivity index (χ0n) is 19.4. The van der Waals surface area contributed by atoms with Crippen LogP contribution in [0.4, 0.5) is 0 Å². The van der Waals surface area contributed by atoms with Crippen LogP contribution in [0.1, 0.15) is 61.9 Å². The maximum absolute atomic E-state index is 13.2. The van der Waals surface area contributed by atoms with Crippen LogP contribution in [0.5, 0.6) is 0 Å². The van der Waals surface area contributed by atoms with Gasteiger partial charge in [0.15, 0.2) is 0 Å². The second-order valence-corrected chi connectivity index (χ2v) is 10.4. The second kappa shape index (κ2) is 11.4. The molecule has 2 aromatic rings. The highest BCUT2D eigenvalue weighted by Crippen LogP contribution is 2.29. The molecule has 1 saturated carbocycles. The van der Waals surface area contributed by atoms with Gasteiger partial charge in [-0.3, -0.25) is 14.4 Å². The van der Waals surface area contributed by atoms with Crippen molar-refractivity contribution in [3.63, 3.8) is 0 Å². The van der Waals surface area contributed by atoms with Crippen LogP contribution < -0.4 is 16.0 Å². The maximum atomic E-state index is 13.2. The van der Waals surface area contributed by atoms with E-state index >= 15 is 0 Å². The third-order valence-electron chi connectivity index (χ3n) is 7.01. The number of aromatic amines is 1. The van der Waals surface area contributed by atoms with E-state index in [1.807, 2.05) is 0 Å². The summed E-state index contributed by atoms with van der Waals surface area (Å²) in [5, 5.41) is 9.88. The molecule has 2 heterocycles. The highest BCUT2D eigenvalue weighted by molar-refractivity contribution is 6.38. The number of benzene rings is 1. The number of halogens is 2. The molecule has 2 fully saturated rings. The molecule has 188 valence electrons. The van der Waals surface area contributed by atoms with Gasteiger partial charge in [0.2, 0.25) is 11.8 Å². The number of rotatable bonds is 9. The number of fused-ring (bicyclic) bond motifs is 1. The molecule has 0 unspecified atom stereocenters. The van der Waals surface area contributed by atoms with Crippen molar-refractivity contribution >= 4 is 58.1 Å². The summed E-state index contributed by atoms with van der Waals surface area (Å²) in [6.07, 6.45) is 7.39. The Bertz CT molecular complexity index is 1110. The molecule has 0 radical (unpaired) electrons. The van der Waals surface area contributed by atoms with Gasteiger partial charge in [-0.1, -0.05) is 55.3 Å². The van der Waals surface area contributed by atoms with Crippen molar-refractivity contribution in [3.8, 4) is 0 Å². The Balaban J connectivity index is 1.48. The fourth-order valence-electron chi connectivity index (χ4n) is 5.11. The number of aromatic nitrogens is 1. The van der Waals surface area contributed by atoms with Gasteiger partial charge < -0.3 is 25.7 Å². The highest BCUT2D eigenvalue weighted by atomic mass is 35.5. The molecule has 3 amide bonds. The Hall–Kier alpha value is -2.58. The minimum atomic E-state index is -0.809. The fourth-order valence-corrected chi connectivity index (χ4v) is 5.66. The largest absolute Gasteiger partial charge is 0.356 e. The van der Waals surface area contributed by atoms with E-state index in [9.17, 15) is 19.2 Å². The number of carbonyl (C=O) groups is 4. The van der Waals surface area contributed by atoms with Crippen molar-refractivity contribution in [2.45, 2.75) is 63.5 Å². The summed E-state index contributed by atoms with van der Waals surface area (Å²) in [6, 6.07) is 3.31. The molecule has 4 N–H and O–H groups in total. The predicted octanol–water partition coefficient (Wildman–Crippen LogP) is 3.75. The van der Waals surface area contributed by atoms with Gasteiger partial charge in [-0.15, -0.1) is 0 Å². The lowest BCUT2D eigenvalue weighted by Crippen LogP contribution is -2.51. The monoisotopic (exact) mass is 520 g/mol. The second-order valence-electron chi connectivity index (χ2n) is 9.56. The Labute approximate surface area is 213 Å². The van der Waals surface area contributed by atoms with Crippen LogP contribution in [0.3, 0.4) is 0 Å². The molecule has 1 aliphatic heterocycles. The highest BCUT2D eigenvalue weighted by Gasteiger charge is 2.31. The first-order valence-corrected chi connectivity index (χ1v) is 12.9. The molecule has 10 heteroatoms. The van der Waals surface area contributed by atoms with Crippen molar-refractivity contribution in [2.75, 3.05) is 6.54 Å². The van der Waals surface area contributed by atoms with Gasteiger partial charge >= 0.3 is 0 Å². The van der Waals surface area contributed by atoms with E-state index in [4.69, 9.17) is 23.2 Å². The first-order valence-electron chi connectivity index (χ1n) is 12.2. The molecule has 4 rings (SSSR count). The van der Waals surface area contributed by atoms with Crippen LogP contribution in [-0.4, -0.2) is 47.6 Å². The smallest absolute Gasteiger partial charge is 0.268 e. The first kappa shape index (κ1) is 25.5. The van der Waals surface area contributed by atoms with E-state index in [0.717, 1.165) is 25.7 Å². The molecule has 1 aliphatic carbocycles. The van der Waals surface area contributed by atoms with Crippen LogP contribution in [-0.2, 0) is 14.4 Å². The Morgan fingerprint density at radius 1 is 1.06 bits per heavy atom. The van der Waals surface area contributed by atoms with Crippen LogP contribution >= 0.6 is 23.2 Å². The van der Waals surface area contributed by atoms with Gasteiger partial charge in [0, 0.05) is 28.4 Å². The molecule has 1 aromatic carbocycles. The van der Waals surface area contributed by atoms with Crippen LogP contribution in [0.2, 0.25) is 10.0 Å². The van der Waals surface area contributed by atoms with Crippen molar-refractivity contribution in [1.29, 1.82) is 0 Å². The SMILES string of the molecule is O=C[C@H](C[C@@H]1CCNC1=O)NC(=O)[C@H](CC1CCCCC1)NC(=O)c1cc2c(Cl)cc(Cl)cc2[nH]1. The predicted molar refractivity (Wildman–Crippen MR) is 134 cm³/mol. The molecule has 1 saturated heterocycles. The molecule has 0 spiro atoms. The number of hydrogen-bond donors (Lipinski definition) is 4. The molecular formula is C25H30Cl2N4O4. The van der Waals surface area contributed by atoms with Gasteiger partial charge in [-0.05, 0) is 43.4 Å². The number of hydrogen-bond acceptors (Lipinski definition) is 4. The van der Waals surface area contributed by atoms with Crippen molar-refractivity contribution in [2.24, 2.45) is 11.8 Å². The normalized spacial score (nSPS) is 20.3. The lowest BCUT2D eigenvalue weighted by Gasteiger charge is -2.27. The van der Waals surface area contributed by atoms with Gasteiger partial charge in [0.05, 0.1) is 11.1 Å². The third kappa shape index (κ3) is 6.35. The van der Waals surface area contributed by atoms with E-state index in [0.29, 0.717) is 52.5 Å². The molecule has 2 aliphatic rings. The molecular weight excluding hydrogens is 491 g/mol. The average molecular weight is 521 g/mol. The summed E-state index contributed by atoms with van der Waals surface area (Å²) < 4.78 is 0. The lowest BCUT2D eigenvalue weighted by atomic mass is 9.84. The first-order chi connectivity index (χ1) is 16.8. The molecule has 1 aromatic heterocycles. The topological polar surface area (TPSA) is 120 Å². The standard InChI is InChI=1S/C25H30Cl2N4O4/c26-16-10-19(27)18-12-22(30-20(18)11-16)25(35)31-21(8-14-4-2-1-3-5-14)24(34)29-17(13-32)9-15-6-7-28-23(15)33/h10-15,17,21,30H,1-9H2,(H,28,33)(H,29,34)(H,31,35)/t15-,17-,21-/m0/s1. The summed E-state index contributed by atoms with van der Waals surface area (Å²) in [6.45, 7) is 0.573. The Kier molecular flexibility index (Phi) is 8.34. The van der Waals surface area contributed by atoms with Crippen molar-refractivity contribution in [3.05, 3.63) is 33.9 Å². The van der Waals surface area contributed by atoms with Gasteiger partial charge in [-0.2, -0.15) is 0 Å². The van der Waals surface area contributed by atoms with E-state index in [2.05, 4.69) is 20.9 Å². The third-order valence-corrected chi connectivity index (χ3v) is 7.54. The minimum absolute atomic E-state index is 0.101. The lowest BCUT2D eigenvalue weighted by molar-refractivity contribution is -0.127. The minimum Gasteiger partial charge on any atom is -0.356 e.